The smallest absolute Gasteiger partial charge is 0.418 e. The van der Waals surface area contributed by atoms with Crippen LogP contribution in [0.25, 0.3) is 16.9 Å². The van der Waals surface area contributed by atoms with Crippen molar-refractivity contribution in [2.45, 2.75) is 19.0 Å². The van der Waals surface area contributed by atoms with Crippen molar-refractivity contribution in [3.05, 3.63) is 53.9 Å². The Morgan fingerprint density at radius 2 is 2.00 bits per heavy atom. The maximum atomic E-state index is 13.3. The molecule has 1 unspecified atom stereocenters. The number of carboxylic acid groups (broad SMARTS) is 1. The second-order valence-corrected chi connectivity index (χ2v) is 5.40. The van der Waals surface area contributed by atoms with Gasteiger partial charge in [0.05, 0.1) is 23.4 Å². The fraction of sp³-hybridized carbons (Fsp3) is 0.188. The molecule has 5 nitrogen and oxygen atoms in total. The fourth-order valence-electron chi connectivity index (χ4n) is 2.57. The van der Waals surface area contributed by atoms with Crippen molar-refractivity contribution in [3.8, 4) is 11.3 Å². The van der Waals surface area contributed by atoms with E-state index in [1.807, 2.05) is 0 Å². The van der Waals surface area contributed by atoms with Gasteiger partial charge in [-0.25, -0.2) is 9.37 Å². The average molecular weight is 353 g/mol. The number of aromatic nitrogens is 3. The van der Waals surface area contributed by atoms with Crippen molar-refractivity contribution in [2.24, 2.45) is 0 Å². The SMILES string of the molecule is CC(C(=O)O)c1ccc(-c2ncc(F)cc2C(F)(F)F)c2nccn12. The van der Waals surface area contributed by atoms with Crippen LogP contribution in [0.1, 0.15) is 24.1 Å². The molecule has 3 aromatic heterocycles. The zero-order chi connectivity index (χ0) is 18.4. The maximum absolute atomic E-state index is 13.3. The van der Waals surface area contributed by atoms with Gasteiger partial charge >= 0.3 is 12.1 Å². The Morgan fingerprint density at radius 1 is 1.28 bits per heavy atom. The number of fused-ring (bicyclic) bond motifs is 1. The largest absolute Gasteiger partial charge is 0.481 e. The van der Waals surface area contributed by atoms with Gasteiger partial charge in [0.25, 0.3) is 0 Å². The van der Waals surface area contributed by atoms with Crippen LogP contribution in [0.4, 0.5) is 17.6 Å². The number of hydrogen-bond donors (Lipinski definition) is 1. The molecule has 130 valence electrons. The van der Waals surface area contributed by atoms with E-state index in [2.05, 4.69) is 9.97 Å². The Hall–Kier alpha value is -2.97. The van der Waals surface area contributed by atoms with E-state index >= 15 is 0 Å². The van der Waals surface area contributed by atoms with Gasteiger partial charge in [-0.1, -0.05) is 0 Å². The van der Waals surface area contributed by atoms with Crippen LogP contribution in [0, 0.1) is 5.82 Å². The summed E-state index contributed by atoms with van der Waals surface area (Å²) in [6, 6.07) is 3.08. The summed E-state index contributed by atoms with van der Waals surface area (Å²) in [6.07, 6.45) is -1.32. The molecule has 3 rings (SSSR count). The van der Waals surface area contributed by atoms with E-state index in [0.29, 0.717) is 18.0 Å². The molecule has 0 saturated carbocycles. The summed E-state index contributed by atoms with van der Waals surface area (Å²) in [4.78, 5) is 18.8. The number of hydrogen-bond acceptors (Lipinski definition) is 3. The minimum Gasteiger partial charge on any atom is -0.481 e. The van der Waals surface area contributed by atoms with Crippen LogP contribution in [-0.4, -0.2) is 25.4 Å². The van der Waals surface area contributed by atoms with Crippen LogP contribution < -0.4 is 0 Å². The number of aliphatic carboxylic acids is 1. The molecule has 0 aliphatic carbocycles. The molecule has 25 heavy (non-hydrogen) atoms. The van der Waals surface area contributed by atoms with Gasteiger partial charge < -0.3 is 9.51 Å². The third-order valence-corrected chi connectivity index (χ3v) is 3.81. The lowest BCUT2D eigenvalue weighted by molar-refractivity contribution is -0.138. The molecule has 0 amide bonds. The summed E-state index contributed by atoms with van der Waals surface area (Å²) >= 11 is 0. The summed E-state index contributed by atoms with van der Waals surface area (Å²) in [5, 5.41) is 9.16. The lowest BCUT2D eigenvalue weighted by Crippen LogP contribution is -2.13. The van der Waals surface area contributed by atoms with Crippen LogP contribution in [0.2, 0.25) is 0 Å². The average Bonchev–Trinajstić information content (AvgIpc) is 3.02. The Balaban J connectivity index is 2.28. The van der Waals surface area contributed by atoms with E-state index in [9.17, 15) is 22.4 Å². The molecular formula is C16H11F4N3O2. The number of imidazole rings is 1. The van der Waals surface area contributed by atoms with Gasteiger partial charge in [-0.2, -0.15) is 13.2 Å². The number of carbonyl (C=O) groups is 1. The van der Waals surface area contributed by atoms with Crippen molar-refractivity contribution < 1.29 is 27.5 Å². The molecule has 1 N–H and O–H groups in total. The molecule has 0 aromatic carbocycles. The first-order valence-electron chi connectivity index (χ1n) is 7.12. The van der Waals surface area contributed by atoms with Gasteiger partial charge in [-0.05, 0) is 25.1 Å². The molecular weight excluding hydrogens is 342 g/mol. The van der Waals surface area contributed by atoms with Gasteiger partial charge in [-0.15, -0.1) is 0 Å². The highest BCUT2D eigenvalue weighted by Gasteiger charge is 2.36. The zero-order valence-corrected chi connectivity index (χ0v) is 12.8. The predicted molar refractivity (Wildman–Crippen MR) is 79.4 cm³/mol. The maximum Gasteiger partial charge on any atom is 0.418 e. The Labute approximate surface area is 138 Å². The third kappa shape index (κ3) is 2.92. The number of nitrogens with zero attached hydrogens (tertiary/aromatic N) is 3. The molecule has 0 aliphatic rings. The van der Waals surface area contributed by atoms with Gasteiger partial charge in [0, 0.05) is 23.7 Å². The standard InChI is InChI=1S/C16H11F4N3O2/c1-8(15(24)25)12-3-2-10(14-21-4-5-23(12)14)13-11(16(18,19)20)6-9(17)7-22-13/h2-8H,1H3,(H,24,25). The Kier molecular flexibility index (Phi) is 3.94. The second kappa shape index (κ2) is 5.83. The summed E-state index contributed by atoms with van der Waals surface area (Å²) in [5.74, 6) is -3.08. The molecule has 1 atom stereocenters. The first kappa shape index (κ1) is 16.9. The minimum atomic E-state index is -4.80. The van der Waals surface area contributed by atoms with Crippen molar-refractivity contribution in [1.29, 1.82) is 0 Å². The quantitative estimate of drug-likeness (QED) is 0.729. The van der Waals surface area contributed by atoms with Crippen LogP contribution in [0.15, 0.2) is 36.8 Å². The molecule has 3 heterocycles. The van der Waals surface area contributed by atoms with Crippen LogP contribution >= 0.6 is 0 Å². The van der Waals surface area contributed by atoms with E-state index in [0.717, 1.165) is 0 Å². The first-order chi connectivity index (χ1) is 11.7. The normalized spacial score (nSPS) is 13.2. The number of alkyl halides is 3. The minimum absolute atomic E-state index is 0.0265. The van der Waals surface area contributed by atoms with Crippen LogP contribution in [0.5, 0.6) is 0 Å². The molecule has 0 bridgehead atoms. The summed E-state index contributed by atoms with van der Waals surface area (Å²) in [7, 11) is 0. The first-order valence-corrected chi connectivity index (χ1v) is 7.12. The molecule has 0 fully saturated rings. The van der Waals surface area contributed by atoms with Gasteiger partial charge in [0.15, 0.2) is 0 Å². The highest BCUT2D eigenvalue weighted by Crippen LogP contribution is 2.37. The summed E-state index contributed by atoms with van der Waals surface area (Å²) in [6.45, 7) is 1.45. The van der Waals surface area contributed by atoms with Crippen molar-refractivity contribution in [2.75, 3.05) is 0 Å². The molecule has 0 spiro atoms. The highest BCUT2D eigenvalue weighted by atomic mass is 19.4. The van der Waals surface area contributed by atoms with Crippen LogP contribution in [-0.2, 0) is 11.0 Å². The lowest BCUT2D eigenvalue weighted by Gasteiger charge is -2.15. The van der Waals surface area contributed by atoms with Gasteiger partial charge in [0.2, 0.25) is 0 Å². The topological polar surface area (TPSA) is 67.5 Å². The molecule has 3 aromatic rings. The Morgan fingerprint density at radius 3 is 2.64 bits per heavy atom. The Bertz CT molecular complexity index is 966. The molecule has 0 radical (unpaired) electrons. The lowest BCUT2D eigenvalue weighted by atomic mass is 10.0. The fourth-order valence-corrected chi connectivity index (χ4v) is 2.57. The second-order valence-electron chi connectivity index (χ2n) is 5.40. The number of pyridine rings is 2. The molecule has 0 saturated heterocycles. The summed E-state index contributed by atoms with van der Waals surface area (Å²) < 4.78 is 54.4. The molecule has 9 heteroatoms. The zero-order valence-electron chi connectivity index (χ0n) is 12.8. The van der Waals surface area contributed by atoms with Crippen molar-refractivity contribution in [1.82, 2.24) is 14.4 Å². The third-order valence-electron chi connectivity index (χ3n) is 3.81. The van der Waals surface area contributed by atoms with Gasteiger partial charge in [0.1, 0.15) is 11.5 Å². The number of rotatable bonds is 3. The number of carboxylic acids is 1. The van der Waals surface area contributed by atoms with Crippen LogP contribution in [0.3, 0.4) is 0 Å². The monoisotopic (exact) mass is 353 g/mol. The summed E-state index contributed by atoms with van der Waals surface area (Å²) in [5.41, 5.74) is -1.22. The van der Waals surface area contributed by atoms with Crippen molar-refractivity contribution in [3.63, 3.8) is 0 Å². The van der Waals surface area contributed by atoms with E-state index in [1.54, 1.807) is 0 Å². The predicted octanol–water partition coefficient (Wildman–Crippen LogP) is 3.74. The van der Waals surface area contributed by atoms with Gasteiger partial charge in [-0.3, -0.25) is 9.78 Å². The molecule has 0 aliphatic heterocycles. The van der Waals surface area contributed by atoms with Crippen molar-refractivity contribution >= 4 is 11.6 Å². The number of halogens is 4. The van der Waals surface area contributed by atoms with E-state index < -0.39 is 35.1 Å². The van der Waals surface area contributed by atoms with E-state index in [-0.39, 0.29) is 11.2 Å². The van der Waals surface area contributed by atoms with E-state index in [4.69, 9.17) is 5.11 Å². The van der Waals surface area contributed by atoms with E-state index in [1.165, 1.54) is 35.9 Å². The highest BCUT2D eigenvalue weighted by molar-refractivity contribution is 5.80.